The minimum Gasteiger partial charge on any atom is -0.497 e. The van der Waals surface area contributed by atoms with Crippen LogP contribution in [0.1, 0.15) is 27.9 Å². The maximum Gasteiger partial charge on any atom is 0.420 e. The minimum absolute atomic E-state index is 0.0492. The molecular weight excluding hydrogens is 489 g/mol. The van der Waals surface area contributed by atoms with E-state index in [4.69, 9.17) is 14.2 Å². The van der Waals surface area contributed by atoms with Gasteiger partial charge in [0.1, 0.15) is 28.4 Å². The van der Waals surface area contributed by atoms with Gasteiger partial charge < -0.3 is 24.8 Å². The van der Waals surface area contributed by atoms with E-state index in [-0.39, 0.29) is 42.2 Å². The van der Waals surface area contributed by atoms with E-state index in [0.717, 1.165) is 6.07 Å². The first-order valence-corrected chi connectivity index (χ1v) is 11.5. The fourth-order valence-electron chi connectivity index (χ4n) is 3.88. The fraction of sp³-hybridized carbons (Fsp3) is 0.259. The number of nitrogens with one attached hydrogen (secondary N) is 2. The highest BCUT2D eigenvalue weighted by atomic mass is 19.4. The zero-order valence-electron chi connectivity index (χ0n) is 19.9. The van der Waals surface area contributed by atoms with Crippen LogP contribution in [-0.2, 0) is 22.3 Å². The van der Waals surface area contributed by atoms with Crippen LogP contribution in [0.4, 0.5) is 13.2 Å². The molecule has 2 amide bonds. The molecule has 0 aromatic heterocycles. The average Bonchev–Trinajstić information content (AvgIpc) is 3.38. The summed E-state index contributed by atoms with van der Waals surface area (Å²) in [7, 11) is 1.28. The van der Waals surface area contributed by atoms with Crippen molar-refractivity contribution in [2.75, 3.05) is 20.3 Å². The molecule has 0 saturated carbocycles. The highest BCUT2D eigenvalue weighted by molar-refractivity contribution is 5.99. The zero-order chi connectivity index (χ0) is 26.5. The Hall–Kier alpha value is -4.05. The lowest BCUT2D eigenvalue weighted by molar-refractivity contribution is -0.138. The molecule has 1 aliphatic rings. The molecule has 1 atom stereocenters. The summed E-state index contributed by atoms with van der Waals surface area (Å²) in [6, 6.07) is 18.3. The molecule has 3 aromatic carbocycles. The van der Waals surface area contributed by atoms with E-state index in [1.165, 1.54) is 31.4 Å². The summed E-state index contributed by atoms with van der Waals surface area (Å²) >= 11 is 0. The van der Waals surface area contributed by atoms with Crippen molar-refractivity contribution >= 4 is 11.8 Å². The lowest BCUT2D eigenvalue weighted by Crippen LogP contribution is -2.59. The third-order valence-electron chi connectivity index (χ3n) is 5.94. The van der Waals surface area contributed by atoms with Crippen molar-refractivity contribution in [2.45, 2.75) is 24.7 Å². The Morgan fingerprint density at radius 2 is 1.70 bits per heavy atom. The van der Waals surface area contributed by atoms with Gasteiger partial charge in [-0.25, -0.2) is 0 Å². The highest BCUT2D eigenvalue weighted by Crippen LogP contribution is 2.40. The monoisotopic (exact) mass is 514 g/mol. The summed E-state index contributed by atoms with van der Waals surface area (Å²) in [5, 5.41) is 5.62. The van der Waals surface area contributed by atoms with Crippen molar-refractivity contribution in [3.05, 3.63) is 89.5 Å². The van der Waals surface area contributed by atoms with Crippen molar-refractivity contribution in [1.29, 1.82) is 0 Å². The second kappa shape index (κ2) is 10.9. The second-order valence-electron chi connectivity index (χ2n) is 8.49. The number of hydrogen-bond acceptors (Lipinski definition) is 5. The predicted molar refractivity (Wildman–Crippen MR) is 128 cm³/mol. The van der Waals surface area contributed by atoms with Crippen LogP contribution in [0, 0.1) is 0 Å². The van der Waals surface area contributed by atoms with Gasteiger partial charge in [-0.05, 0) is 48.0 Å². The summed E-state index contributed by atoms with van der Waals surface area (Å²) in [6.07, 6.45) is -4.29. The van der Waals surface area contributed by atoms with Gasteiger partial charge in [-0.1, -0.05) is 30.3 Å². The Kier molecular flexibility index (Phi) is 7.68. The summed E-state index contributed by atoms with van der Waals surface area (Å²) in [6.45, 7) is 0.520. The molecule has 0 spiro atoms. The van der Waals surface area contributed by atoms with Crippen LogP contribution in [0.15, 0.2) is 72.8 Å². The molecule has 1 saturated heterocycles. The van der Waals surface area contributed by atoms with Gasteiger partial charge in [0.15, 0.2) is 0 Å². The number of rotatable bonds is 8. The Morgan fingerprint density at radius 1 is 1.00 bits per heavy atom. The van der Waals surface area contributed by atoms with Gasteiger partial charge in [-0.3, -0.25) is 9.59 Å². The van der Waals surface area contributed by atoms with E-state index in [2.05, 4.69) is 10.6 Å². The fourth-order valence-corrected chi connectivity index (χ4v) is 3.88. The maximum atomic E-state index is 13.4. The van der Waals surface area contributed by atoms with Crippen molar-refractivity contribution in [3.63, 3.8) is 0 Å². The van der Waals surface area contributed by atoms with Gasteiger partial charge in [0.25, 0.3) is 5.91 Å². The number of halogens is 3. The molecule has 0 aliphatic carbocycles. The number of carbonyl (C=O) groups excluding carboxylic acids is 2. The Bertz CT molecular complexity index is 1240. The van der Waals surface area contributed by atoms with Crippen LogP contribution < -0.4 is 20.1 Å². The predicted octanol–water partition coefficient (Wildman–Crippen LogP) is 4.71. The van der Waals surface area contributed by atoms with Crippen LogP contribution in [0.25, 0.3) is 0 Å². The maximum absolute atomic E-state index is 13.4. The van der Waals surface area contributed by atoms with Crippen molar-refractivity contribution in [3.8, 4) is 17.2 Å². The van der Waals surface area contributed by atoms with E-state index in [9.17, 15) is 22.8 Å². The van der Waals surface area contributed by atoms with Crippen LogP contribution in [0.3, 0.4) is 0 Å². The van der Waals surface area contributed by atoms with Gasteiger partial charge >= 0.3 is 6.18 Å². The number of methoxy groups -OCH3 is 1. The van der Waals surface area contributed by atoms with E-state index in [0.29, 0.717) is 24.2 Å². The molecule has 1 fully saturated rings. The summed E-state index contributed by atoms with van der Waals surface area (Å²) < 4.78 is 56.1. The molecular formula is C27H25F3N2O5. The first-order valence-electron chi connectivity index (χ1n) is 11.5. The van der Waals surface area contributed by atoms with Gasteiger partial charge in [0, 0.05) is 25.1 Å². The lowest BCUT2D eigenvalue weighted by atomic mass is 9.96. The SMILES string of the molecule is COc1ccc(Oc2ccc(CNC(=O)C3(NC(=O)c4ccccc4)CCOC3)cc2)c(C(F)(F)F)c1. The van der Waals surface area contributed by atoms with E-state index in [1.54, 1.807) is 42.5 Å². The van der Waals surface area contributed by atoms with Crippen LogP contribution in [0.2, 0.25) is 0 Å². The normalized spacial score (nSPS) is 17.2. The first kappa shape index (κ1) is 26.0. The smallest absolute Gasteiger partial charge is 0.420 e. The number of hydrogen-bond donors (Lipinski definition) is 2. The van der Waals surface area contributed by atoms with Gasteiger partial charge in [-0.15, -0.1) is 0 Å². The average molecular weight is 515 g/mol. The molecule has 7 nitrogen and oxygen atoms in total. The molecule has 3 aromatic rings. The Balaban J connectivity index is 1.40. The quantitative estimate of drug-likeness (QED) is 0.455. The Labute approximate surface area is 211 Å². The van der Waals surface area contributed by atoms with E-state index in [1.807, 2.05) is 0 Å². The molecule has 194 valence electrons. The minimum atomic E-state index is -4.62. The summed E-state index contributed by atoms with van der Waals surface area (Å²) in [5.41, 5.74) is -1.03. The third kappa shape index (κ3) is 6.21. The summed E-state index contributed by atoms with van der Waals surface area (Å²) in [5.74, 6) is -0.855. The number of ether oxygens (including phenoxy) is 3. The molecule has 10 heteroatoms. The van der Waals surface area contributed by atoms with Crippen LogP contribution in [0.5, 0.6) is 17.2 Å². The zero-order valence-corrected chi connectivity index (χ0v) is 19.9. The highest BCUT2D eigenvalue weighted by Gasteiger charge is 2.43. The van der Waals surface area contributed by atoms with Crippen molar-refractivity contribution < 1.29 is 37.0 Å². The summed E-state index contributed by atoms with van der Waals surface area (Å²) in [4.78, 5) is 25.7. The largest absolute Gasteiger partial charge is 0.497 e. The van der Waals surface area contributed by atoms with Crippen LogP contribution in [-0.4, -0.2) is 37.7 Å². The molecule has 1 unspecified atom stereocenters. The number of benzene rings is 3. The van der Waals surface area contributed by atoms with Crippen molar-refractivity contribution in [1.82, 2.24) is 10.6 Å². The number of carbonyl (C=O) groups is 2. The molecule has 2 N–H and O–H groups in total. The lowest BCUT2D eigenvalue weighted by Gasteiger charge is -2.27. The van der Waals surface area contributed by atoms with Gasteiger partial charge in [0.05, 0.1) is 13.7 Å². The molecule has 0 radical (unpaired) electrons. The Morgan fingerprint density at radius 3 is 2.32 bits per heavy atom. The van der Waals surface area contributed by atoms with Crippen LogP contribution >= 0.6 is 0 Å². The number of amides is 2. The third-order valence-corrected chi connectivity index (χ3v) is 5.94. The van der Waals surface area contributed by atoms with Gasteiger partial charge in [-0.2, -0.15) is 13.2 Å². The molecule has 4 rings (SSSR count). The standard InChI is InChI=1S/C27H25F3N2O5/c1-35-21-11-12-23(22(15-21)27(28,29)30)37-20-9-7-18(8-10-20)16-31-25(34)26(13-14-36-17-26)32-24(33)19-5-3-2-4-6-19/h2-12,15H,13-14,16-17H2,1H3,(H,31,34)(H,32,33). The second-order valence-corrected chi connectivity index (χ2v) is 8.49. The van der Waals surface area contributed by atoms with Crippen molar-refractivity contribution in [2.24, 2.45) is 0 Å². The molecule has 37 heavy (non-hydrogen) atoms. The molecule has 0 bridgehead atoms. The topological polar surface area (TPSA) is 85.9 Å². The van der Waals surface area contributed by atoms with Gasteiger partial charge in [0.2, 0.25) is 5.91 Å². The molecule has 1 aliphatic heterocycles. The molecule has 1 heterocycles. The van der Waals surface area contributed by atoms with E-state index >= 15 is 0 Å². The first-order chi connectivity index (χ1) is 17.7. The number of alkyl halides is 3. The van der Waals surface area contributed by atoms with E-state index < -0.39 is 17.3 Å².